The first kappa shape index (κ1) is 17.5. The van der Waals surface area contributed by atoms with E-state index < -0.39 is 5.97 Å². The van der Waals surface area contributed by atoms with Crippen molar-refractivity contribution in [2.45, 2.75) is 20.3 Å². The summed E-state index contributed by atoms with van der Waals surface area (Å²) >= 11 is 0. The van der Waals surface area contributed by atoms with E-state index in [0.717, 1.165) is 0 Å². The Morgan fingerprint density at radius 3 is 2.45 bits per heavy atom. The Kier molecular flexibility index (Phi) is 6.90. The highest BCUT2D eigenvalue weighted by Gasteiger charge is 2.16. The minimum Gasteiger partial charge on any atom is -0.484 e. The van der Waals surface area contributed by atoms with Gasteiger partial charge in [-0.25, -0.2) is 0 Å². The molecule has 6 nitrogen and oxygen atoms in total. The van der Waals surface area contributed by atoms with Crippen molar-refractivity contribution < 1.29 is 19.4 Å². The second-order valence-corrected chi connectivity index (χ2v) is 5.30. The Balaban J connectivity index is 2.57. The molecular weight excluding hydrogens is 284 g/mol. The fourth-order valence-corrected chi connectivity index (χ4v) is 1.85. The van der Waals surface area contributed by atoms with E-state index in [0.29, 0.717) is 17.9 Å². The number of hydrogen-bond acceptors (Lipinski definition) is 4. The first-order chi connectivity index (χ1) is 10.4. The third-order valence-electron chi connectivity index (χ3n) is 2.88. The lowest BCUT2D eigenvalue weighted by atomic mass is 10.2. The van der Waals surface area contributed by atoms with E-state index in [1.54, 1.807) is 24.3 Å². The van der Waals surface area contributed by atoms with Gasteiger partial charge in [0.1, 0.15) is 5.75 Å². The van der Waals surface area contributed by atoms with Gasteiger partial charge in [0.2, 0.25) is 0 Å². The van der Waals surface area contributed by atoms with Gasteiger partial charge >= 0.3 is 5.97 Å². The number of nitriles is 1. The van der Waals surface area contributed by atoms with E-state index in [4.69, 9.17) is 15.1 Å². The summed E-state index contributed by atoms with van der Waals surface area (Å²) in [5, 5.41) is 17.4. The molecular formula is C16H20N2O4. The van der Waals surface area contributed by atoms with Gasteiger partial charge in [0, 0.05) is 13.1 Å². The first-order valence-electron chi connectivity index (χ1n) is 7.05. The Labute approximate surface area is 129 Å². The molecule has 0 unspecified atom stereocenters. The van der Waals surface area contributed by atoms with E-state index in [-0.39, 0.29) is 31.4 Å². The normalized spacial score (nSPS) is 10.1. The summed E-state index contributed by atoms with van der Waals surface area (Å²) in [6.07, 6.45) is -0.0880. The summed E-state index contributed by atoms with van der Waals surface area (Å²) in [6, 6.07) is 8.46. The molecule has 1 amide bonds. The summed E-state index contributed by atoms with van der Waals surface area (Å²) < 4.78 is 5.39. The summed E-state index contributed by atoms with van der Waals surface area (Å²) in [4.78, 5) is 24.3. The molecule has 22 heavy (non-hydrogen) atoms. The van der Waals surface area contributed by atoms with Gasteiger partial charge in [-0.1, -0.05) is 13.8 Å². The Morgan fingerprint density at radius 1 is 1.32 bits per heavy atom. The van der Waals surface area contributed by atoms with Crippen molar-refractivity contribution in [2.75, 3.05) is 19.7 Å². The Bertz CT molecular complexity index is 546. The summed E-state index contributed by atoms with van der Waals surface area (Å²) in [5.41, 5.74) is 0.515. The van der Waals surface area contributed by atoms with Crippen LogP contribution in [0.2, 0.25) is 0 Å². The fraction of sp³-hybridized carbons (Fsp3) is 0.438. The number of ether oxygens (including phenoxy) is 1. The molecule has 0 saturated carbocycles. The van der Waals surface area contributed by atoms with E-state index in [2.05, 4.69) is 0 Å². The lowest BCUT2D eigenvalue weighted by Crippen LogP contribution is -2.38. The van der Waals surface area contributed by atoms with Crippen LogP contribution in [-0.2, 0) is 9.59 Å². The van der Waals surface area contributed by atoms with Crippen LogP contribution in [0, 0.1) is 17.2 Å². The topological polar surface area (TPSA) is 90.6 Å². The number of amides is 1. The van der Waals surface area contributed by atoms with Crippen LogP contribution in [0.3, 0.4) is 0 Å². The van der Waals surface area contributed by atoms with Crippen LogP contribution < -0.4 is 4.74 Å². The maximum absolute atomic E-state index is 12.1. The van der Waals surface area contributed by atoms with Gasteiger partial charge in [-0.05, 0) is 30.2 Å². The van der Waals surface area contributed by atoms with Gasteiger partial charge in [0.15, 0.2) is 6.61 Å². The molecule has 0 saturated heterocycles. The van der Waals surface area contributed by atoms with Crippen LogP contribution in [0.4, 0.5) is 0 Å². The minimum atomic E-state index is -0.936. The standard InChI is InChI=1S/C16H20N2O4/c1-12(2)10-18(8-7-16(20)21)15(19)11-22-14-5-3-13(9-17)4-6-14/h3-6,12H,7-8,10-11H2,1-2H3,(H,20,21). The predicted molar refractivity (Wildman–Crippen MR) is 80.3 cm³/mol. The SMILES string of the molecule is CC(C)CN(CCC(=O)O)C(=O)COc1ccc(C#N)cc1. The van der Waals surface area contributed by atoms with Gasteiger partial charge in [-0.15, -0.1) is 0 Å². The summed E-state index contributed by atoms with van der Waals surface area (Å²) in [5.74, 6) is -0.448. The van der Waals surface area contributed by atoms with Crippen molar-refractivity contribution in [3.63, 3.8) is 0 Å². The predicted octanol–water partition coefficient (Wildman–Crippen LogP) is 1.90. The zero-order valence-corrected chi connectivity index (χ0v) is 12.8. The number of carboxylic acids is 1. The van der Waals surface area contributed by atoms with Crippen LogP contribution in [0.5, 0.6) is 5.75 Å². The second kappa shape index (κ2) is 8.67. The third kappa shape index (κ3) is 6.27. The molecule has 1 N–H and O–H groups in total. The molecule has 0 atom stereocenters. The molecule has 1 aromatic rings. The van der Waals surface area contributed by atoms with Crippen molar-refractivity contribution >= 4 is 11.9 Å². The Morgan fingerprint density at radius 2 is 1.95 bits per heavy atom. The van der Waals surface area contributed by atoms with Crippen LogP contribution in [0.15, 0.2) is 24.3 Å². The van der Waals surface area contributed by atoms with E-state index in [1.165, 1.54) is 4.90 Å². The van der Waals surface area contributed by atoms with Crippen molar-refractivity contribution in [3.05, 3.63) is 29.8 Å². The highest BCUT2D eigenvalue weighted by molar-refractivity contribution is 5.78. The number of hydrogen-bond donors (Lipinski definition) is 1. The molecule has 0 heterocycles. The van der Waals surface area contributed by atoms with Gasteiger partial charge < -0.3 is 14.7 Å². The number of carbonyl (C=O) groups excluding carboxylic acids is 1. The molecule has 0 spiro atoms. The molecule has 118 valence electrons. The molecule has 0 radical (unpaired) electrons. The highest BCUT2D eigenvalue weighted by atomic mass is 16.5. The maximum atomic E-state index is 12.1. The number of carbonyl (C=O) groups is 2. The van der Waals surface area contributed by atoms with Gasteiger partial charge in [0.05, 0.1) is 18.1 Å². The summed E-state index contributed by atoms with van der Waals surface area (Å²) in [6.45, 7) is 4.43. The van der Waals surface area contributed by atoms with Crippen molar-refractivity contribution in [3.8, 4) is 11.8 Å². The van der Waals surface area contributed by atoms with Crippen LogP contribution in [-0.4, -0.2) is 41.6 Å². The maximum Gasteiger partial charge on any atom is 0.305 e. The number of aliphatic carboxylic acids is 1. The molecule has 1 rings (SSSR count). The molecule has 0 bridgehead atoms. The van der Waals surface area contributed by atoms with Crippen LogP contribution in [0.1, 0.15) is 25.8 Å². The monoisotopic (exact) mass is 304 g/mol. The lowest BCUT2D eigenvalue weighted by molar-refractivity contribution is -0.139. The molecule has 0 fully saturated rings. The zero-order chi connectivity index (χ0) is 16.5. The number of nitrogens with zero attached hydrogens (tertiary/aromatic N) is 2. The molecule has 0 aliphatic rings. The van der Waals surface area contributed by atoms with Gasteiger partial charge in [0.25, 0.3) is 5.91 Å². The average molecular weight is 304 g/mol. The number of rotatable bonds is 8. The molecule has 1 aromatic carbocycles. The smallest absolute Gasteiger partial charge is 0.305 e. The largest absolute Gasteiger partial charge is 0.484 e. The third-order valence-corrected chi connectivity index (χ3v) is 2.88. The minimum absolute atomic E-state index is 0.0880. The lowest BCUT2D eigenvalue weighted by Gasteiger charge is -2.24. The summed E-state index contributed by atoms with van der Waals surface area (Å²) in [7, 11) is 0. The molecule has 0 aliphatic carbocycles. The van der Waals surface area contributed by atoms with Crippen LogP contribution in [0.25, 0.3) is 0 Å². The van der Waals surface area contributed by atoms with Crippen molar-refractivity contribution in [2.24, 2.45) is 5.92 Å². The number of carboxylic acid groups (broad SMARTS) is 1. The zero-order valence-electron chi connectivity index (χ0n) is 12.8. The van der Waals surface area contributed by atoms with Gasteiger partial charge in [-0.2, -0.15) is 5.26 Å². The fourth-order valence-electron chi connectivity index (χ4n) is 1.85. The second-order valence-electron chi connectivity index (χ2n) is 5.30. The van der Waals surface area contributed by atoms with Crippen molar-refractivity contribution in [1.29, 1.82) is 5.26 Å². The molecule has 0 aliphatic heterocycles. The highest BCUT2D eigenvalue weighted by Crippen LogP contribution is 2.12. The first-order valence-corrected chi connectivity index (χ1v) is 7.05. The van der Waals surface area contributed by atoms with Crippen molar-refractivity contribution in [1.82, 2.24) is 4.90 Å². The van der Waals surface area contributed by atoms with E-state index in [9.17, 15) is 9.59 Å². The van der Waals surface area contributed by atoms with Gasteiger partial charge in [-0.3, -0.25) is 9.59 Å². The van der Waals surface area contributed by atoms with E-state index >= 15 is 0 Å². The van der Waals surface area contributed by atoms with E-state index in [1.807, 2.05) is 19.9 Å². The average Bonchev–Trinajstić information content (AvgIpc) is 2.49. The number of benzene rings is 1. The molecule has 6 heteroatoms. The Hall–Kier alpha value is -2.55. The van der Waals surface area contributed by atoms with Crippen LogP contribution >= 0.6 is 0 Å². The molecule has 0 aromatic heterocycles. The quantitative estimate of drug-likeness (QED) is 0.792.